The molecular weight excluding hydrogens is 300 g/mol. The van der Waals surface area contributed by atoms with E-state index in [-0.39, 0.29) is 10.5 Å². The Hall–Kier alpha value is -2.42. The number of nitrogens with two attached hydrogens (primary N) is 1. The van der Waals surface area contributed by atoms with Crippen LogP contribution in [0.5, 0.6) is 0 Å². The van der Waals surface area contributed by atoms with Crippen molar-refractivity contribution in [2.45, 2.75) is 4.90 Å². The van der Waals surface area contributed by atoms with Crippen molar-refractivity contribution in [3.63, 3.8) is 0 Å². The highest BCUT2D eigenvalue weighted by Gasteiger charge is 2.20. The van der Waals surface area contributed by atoms with Gasteiger partial charge in [-0.25, -0.2) is 8.42 Å². The summed E-state index contributed by atoms with van der Waals surface area (Å²) in [5.74, 6) is -2.87. The Morgan fingerprint density at radius 3 is 2.05 bits per heavy atom. The molecule has 0 saturated heterocycles. The van der Waals surface area contributed by atoms with Crippen LogP contribution >= 0.6 is 0 Å². The fraction of sp³-hybridized carbons (Fsp3) is 0.250. The first kappa shape index (κ1) is 16.6. The maximum atomic E-state index is 12.1. The van der Waals surface area contributed by atoms with E-state index in [2.05, 4.69) is 0 Å². The number of carbonyl (C=O) groups excluding carboxylic acids is 2. The predicted molar refractivity (Wildman–Crippen MR) is 72.3 cm³/mol. The number of carboxylic acids is 1. The Morgan fingerprint density at radius 1 is 1.14 bits per heavy atom. The predicted octanol–water partition coefficient (Wildman–Crippen LogP) is -0.898. The van der Waals surface area contributed by atoms with Gasteiger partial charge in [0.15, 0.2) is 9.84 Å². The third kappa shape index (κ3) is 4.88. The molecule has 0 aliphatic rings. The van der Waals surface area contributed by atoms with E-state index in [9.17, 15) is 22.8 Å². The van der Waals surface area contributed by atoms with Crippen LogP contribution in [0.15, 0.2) is 29.2 Å². The maximum absolute atomic E-state index is 12.1. The number of hydrogen-bond acceptors (Lipinski definition) is 5. The largest absolute Gasteiger partial charge is 0.480 e. The molecule has 114 valence electrons. The summed E-state index contributed by atoms with van der Waals surface area (Å²) in [5, 5.41) is 8.72. The molecule has 21 heavy (non-hydrogen) atoms. The molecule has 0 aliphatic heterocycles. The normalized spacial score (nSPS) is 10.9. The average Bonchev–Trinajstić information content (AvgIpc) is 2.35. The van der Waals surface area contributed by atoms with Gasteiger partial charge in [0, 0.05) is 11.8 Å². The summed E-state index contributed by atoms with van der Waals surface area (Å²) in [7, 11) is -3.40. The van der Waals surface area contributed by atoms with Crippen LogP contribution in [0.25, 0.3) is 0 Å². The lowest BCUT2D eigenvalue weighted by molar-refractivity contribution is -0.138. The molecule has 1 aromatic carbocycles. The highest BCUT2D eigenvalue weighted by atomic mass is 32.2. The van der Waals surface area contributed by atoms with Gasteiger partial charge in [-0.1, -0.05) is 0 Å². The highest BCUT2D eigenvalue weighted by molar-refractivity contribution is 7.90. The number of nitrogens with zero attached hydrogens (tertiary/aromatic N) is 1. The first-order valence-electron chi connectivity index (χ1n) is 5.70. The minimum Gasteiger partial charge on any atom is -0.480 e. The number of carboxylic acid groups (broad SMARTS) is 1. The molecule has 0 aliphatic carbocycles. The van der Waals surface area contributed by atoms with Gasteiger partial charge in [0.25, 0.3) is 5.91 Å². The molecule has 0 atom stereocenters. The molecule has 0 heterocycles. The highest BCUT2D eigenvalue weighted by Crippen LogP contribution is 2.12. The number of primary amides is 1. The van der Waals surface area contributed by atoms with Crippen molar-refractivity contribution in [2.24, 2.45) is 5.73 Å². The molecule has 0 spiro atoms. The van der Waals surface area contributed by atoms with Gasteiger partial charge >= 0.3 is 5.97 Å². The van der Waals surface area contributed by atoms with Crippen molar-refractivity contribution in [3.05, 3.63) is 29.8 Å². The lowest BCUT2D eigenvalue weighted by Crippen LogP contribution is -2.41. The molecule has 9 heteroatoms. The van der Waals surface area contributed by atoms with Crippen LogP contribution in [0, 0.1) is 0 Å². The van der Waals surface area contributed by atoms with Crippen LogP contribution in [0.2, 0.25) is 0 Å². The SMILES string of the molecule is CS(=O)(=O)c1ccc(C(=O)N(CC(N)=O)CC(=O)O)cc1. The van der Waals surface area contributed by atoms with Crippen LogP contribution < -0.4 is 5.73 Å². The van der Waals surface area contributed by atoms with E-state index < -0.39 is 40.7 Å². The standard InChI is InChI=1S/C12H14N2O6S/c1-21(19,20)9-4-2-8(3-5-9)12(18)14(6-10(13)15)7-11(16)17/h2-5H,6-7H2,1H3,(H2,13,15)(H,16,17). The van der Waals surface area contributed by atoms with Crippen LogP contribution in [0.1, 0.15) is 10.4 Å². The summed E-state index contributed by atoms with van der Waals surface area (Å²) < 4.78 is 22.6. The second kappa shape index (κ2) is 6.35. The molecule has 0 unspecified atom stereocenters. The van der Waals surface area contributed by atoms with Crippen LogP contribution in [0.3, 0.4) is 0 Å². The van der Waals surface area contributed by atoms with Crippen molar-refractivity contribution >= 4 is 27.6 Å². The Labute approximate surface area is 121 Å². The second-order valence-electron chi connectivity index (χ2n) is 4.32. The minimum absolute atomic E-state index is 0.0266. The zero-order chi connectivity index (χ0) is 16.2. The Balaban J connectivity index is 3.03. The van der Waals surface area contributed by atoms with E-state index in [1.165, 1.54) is 24.3 Å². The molecule has 0 saturated carbocycles. The summed E-state index contributed by atoms with van der Waals surface area (Å²) >= 11 is 0. The Morgan fingerprint density at radius 2 is 1.67 bits per heavy atom. The third-order valence-electron chi connectivity index (χ3n) is 2.49. The van der Waals surface area contributed by atoms with E-state index in [1.54, 1.807) is 0 Å². The number of benzene rings is 1. The lowest BCUT2D eigenvalue weighted by Gasteiger charge is -2.19. The summed E-state index contributed by atoms with van der Waals surface area (Å²) in [6, 6.07) is 4.95. The number of aliphatic carboxylic acids is 1. The summed E-state index contributed by atoms with van der Waals surface area (Å²) in [5.41, 5.74) is 5.02. The molecule has 0 fully saturated rings. The molecule has 2 amide bonds. The zero-order valence-electron chi connectivity index (χ0n) is 11.1. The second-order valence-corrected chi connectivity index (χ2v) is 6.33. The number of amides is 2. The van der Waals surface area contributed by atoms with E-state index in [1.807, 2.05) is 0 Å². The van der Waals surface area contributed by atoms with Crippen LogP contribution in [0.4, 0.5) is 0 Å². The lowest BCUT2D eigenvalue weighted by atomic mass is 10.2. The number of rotatable bonds is 6. The van der Waals surface area contributed by atoms with Gasteiger partial charge in [0.05, 0.1) is 4.90 Å². The van der Waals surface area contributed by atoms with Crippen molar-refractivity contribution in [1.82, 2.24) is 4.90 Å². The van der Waals surface area contributed by atoms with Gasteiger partial charge in [0.2, 0.25) is 5.91 Å². The summed E-state index contributed by atoms with van der Waals surface area (Å²) in [4.78, 5) is 34.4. The molecule has 3 N–H and O–H groups in total. The number of carbonyl (C=O) groups is 3. The molecular formula is C12H14N2O6S. The number of sulfone groups is 1. The van der Waals surface area contributed by atoms with Gasteiger partial charge in [-0.05, 0) is 24.3 Å². The summed E-state index contributed by atoms with van der Waals surface area (Å²) in [6.45, 7) is -1.23. The van der Waals surface area contributed by atoms with Gasteiger partial charge in [0.1, 0.15) is 13.1 Å². The molecule has 0 bridgehead atoms. The van der Waals surface area contributed by atoms with Gasteiger partial charge in [-0.3, -0.25) is 14.4 Å². The number of hydrogen-bond donors (Lipinski definition) is 2. The van der Waals surface area contributed by atoms with E-state index in [0.717, 1.165) is 11.2 Å². The smallest absolute Gasteiger partial charge is 0.323 e. The average molecular weight is 314 g/mol. The van der Waals surface area contributed by atoms with Crippen molar-refractivity contribution in [1.29, 1.82) is 0 Å². The monoisotopic (exact) mass is 314 g/mol. The van der Waals surface area contributed by atoms with Gasteiger partial charge in [-0.2, -0.15) is 0 Å². The Bertz CT molecular complexity index is 649. The van der Waals surface area contributed by atoms with Crippen LogP contribution in [-0.4, -0.2) is 55.6 Å². The van der Waals surface area contributed by atoms with Crippen LogP contribution in [-0.2, 0) is 19.4 Å². The molecule has 0 aromatic heterocycles. The van der Waals surface area contributed by atoms with Gasteiger partial charge in [-0.15, -0.1) is 0 Å². The Kier molecular flexibility index (Phi) is 5.03. The first-order chi connectivity index (χ1) is 9.61. The van der Waals surface area contributed by atoms with E-state index >= 15 is 0 Å². The minimum atomic E-state index is -3.40. The van der Waals surface area contributed by atoms with E-state index in [4.69, 9.17) is 10.8 Å². The van der Waals surface area contributed by atoms with E-state index in [0.29, 0.717) is 0 Å². The molecule has 1 rings (SSSR count). The van der Waals surface area contributed by atoms with Crippen molar-refractivity contribution in [3.8, 4) is 0 Å². The van der Waals surface area contributed by atoms with Crippen molar-refractivity contribution < 1.29 is 27.9 Å². The third-order valence-corrected chi connectivity index (χ3v) is 3.62. The van der Waals surface area contributed by atoms with Crippen molar-refractivity contribution in [2.75, 3.05) is 19.3 Å². The van der Waals surface area contributed by atoms with Gasteiger partial charge < -0.3 is 15.7 Å². The fourth-order valence-corrected chi connectivity index (χ4v) is 2.21. The molecule has 0 radical (unpaired) electrons. The quantitative estimate of drug-likeness (QED) is 0.698. The fourth-order valence-electron chi connectivity index (χ4n) is 1.58. The first-order valence-corrected chi connectivity index (χ1v) is 7.60. The zero-order valence-corrected chi connectivity index (χ0v) is 12.0. The topological polar surface area (TPSA) is 135 Å². The summed E-state index contributed by atoms with van der Waals surface area (Å²) in [6.07, 6.45) is 1.02. The molecule has 1 aromatic rings. The molecule has 8 nitrogen and oxygen atoms in total. The maximum Gasteiger partial charge on any atom is 0.323 e.